The van der Waals surface area contributed by atoms with Gasteiger partial charge in [0.1, 0.15) is 17.8 Å². The Morgan fingerprint density at radius 3 is 2.48 bits per heavy atom. The van der Waals surface area contributed by atoms with Crippen molar-refractivity contribution in [2.45, 2.75) is 32.2 Å². The summed E-state index contributed by atoms with van der Waals surface area (Å²) in [7, 11) is 1.50. The van der Waals surface area contributed by atoms with E-state index in [1.54, 1.807) is 24.3 Å². The largest absolute Gasteiger partial charge is 0.495 e. The standard InChI is InChI=1S/C16H21N3O4/c1-4-16(5-2)14(21)19(15(22)18-16)10-13(20)17-11-8-6-7-9-12(11)23-3/h6-9H,4-5,10H2,1-3H3,(H,17,20)(H,18,22). The number of benzene rings is 1. The van der Waals surface area contributed by atoms with Crippen LogP contribution in [0.3, 0.4) is 0 Å². The predicted octanol–water partition coefficient (Wildman–Crippen LogP) is 1.74. The van der Waals surface area contributed by atoms with E-state index < -0.39 is 17.5 Å². The van der Waals surface area contributed by atoms with Gasteiger partial charge in [-0.25, -0.2) is 4.79 Å². The monoisotopic (exact) mass is 319 g/mol. The van der Waals surface area contributed by atoms with Gasteiger partial charge < -0.3 is 15.4 Å². The van der Waals surface area contributed by atoms with Gasteiger partial charge in [0.2, 0.25) is 5.91 Å². The molecule has 2 rings (SSSR count). The number of carbonyl (C=O) groups is 3. The number of nitrogens with one attached hydrogen (secondary N) is 2. The molecule has 0 atom stereocenters. The van der Waals surface area contributed by atoms with E-state index in [0.717, 1.165) is 4.90 Å². The first-order chi connectivity index (χ1) is 11.0. The minimum absolute atomic E-state index is 0.329. The third-order valence-corrected chi connectivity index (χ3v) is 4.14. The molecule has 0 unspecified atom stereocenters. The summed E-state index contributed by atoms with van der Waals surface area (Å²) in [5, 5.41) is 5.35. The fraction of sp³-hybridized carbons (Fsp3) is 0.438. The van der Waals surface area contributed by atoms with Gasteiger partial charge >= 0.3 is 6.03 Å². The van der Waals surface area contributed by atoms with Crippen LogP contribution < -0.4 is 15.4 Å². The van der Waals surface area contributed by atoms with E-state index >= 15 is 0 Å². The number of carbonyl (C=O) groups excluding carboxylic acids is 3. The van der Waals surface area contributed by atoms with Crippen LogP contribution in [0.15, 0.2) is 24.3 Å². The molecule has 23 heavy (non-hydrogen) atoms. The highest BCUT2D eigenvalue weighted by atomic mass is 16.5. The lowest BCUT2D eigenvalue weighted by Crippen LogP contribution is -2.46. The average molecular weight is 319 g/mol. The number of imide groups is 1. The Morgan fingerprint density at radius 2 is 1.91 bits per heavy atom. The van der Waals surface area contributed by atoms with E-state index in [-0.39, 0.29) is 12.5 Å². The minimum Gasteiger partial charge on any atom is -0.495 e. The van der Waals surface area contributed by atoms with Gasteiger partial charge in [-0.05, 0) is 25.0 Å². The Morgan fingerprint density at radius 1 is 1.26 bits per heavy atom. The number of urea groups is 1. The van der Waals surface area contributed by atoms with Crippen LogP contribution in [0.25, 0.3) is 0 Å². The molecule has 4 amide bonds. The van der Waals surface area contributed by atoms with Crippen molar-refractivity contribution < 1.29 is 19.1 Å². The molecule has 7 heteroatoms. The number of nitrogens with zero attached hydrogens (tertiary/aromatic N) is 1. The molecular formula is C16H21N3O4. The van der Waals surface area contributed by atoms with Crippen molar-refractivity contribution in [3.8, 4) is 5.75 Å². The highest BCUT2D eigenvalue weighted by Crippen LogP contribution is 2.26. The molecule has 0 spiro atoms. The summed E-state index contributed by atoms with van der Waals surface area (Å²) in [6.45, 7) is 3.34. The maximum Gasteiger partial charge on any atom is 0.325 e. The maximum atomic E-state index is 12.4. The molecule has 0 radical (unpaired) electrons. The molecule has 124 valence electrons. The van der Waals surface area contributed by atoms with Crippen molar-refractivity contribution in [3.63, 3.8) is 0 Å². The van der Waals surface area contributed by atoms with Crippen LogP contribution in [0.5, 0.6) is 5.75 Å². The molecule has 1 saturated heterocycles. The Balaban J connectivity index is 2.09. The van der Waals surface area contributed by atoms with Gasteiger partial charge in [-0.1, -0.05) is 26.0 Å². The summed E-state index contributed by atoms with van der Waals surface area (Å²) in [4.78, 5) is 37.6. The third kappa shape index (κ3) is 3.13. The van der Waals surface area contributed by atoms with E-state index in [1.807, 2.05) is 13.8 Å². The summed E-state index contributed by atoms with van der Waals surface area (Å²) in [6, 6.07) is 6.40. The molecule has 1 aromatic carbocycles. The van der Waals surface area contributed by atoms with Crippen LogP contribution in [0.2, 0.25) is 0 Å². The first kappa shape index (κ1) is 16.8. The Labute approximate surface area is 135 Å². The van der Waals surface area contributed by atoms with Crippen molar-refractivity contribution in [1.29, 1.82) is 0 Å². The van der Waals surface area contributed by atoms with Gasteiger partial charge in [-0.15, -0.1) is 0 Å². The van der Waals surface area contributed by atoms with Gasteiger partial charge in [-0.3, -0.25) is 14.5 Å². The third-order valence-electron chi connectivity index (χ3n) is 4.14. The first-order valence-corrected chi connectivity index (χ1v) is 7.54. The number of rotatable bonds is 6. The number of hydrogen-bond acceptors (Lipinski definition) is 4. The average Bonchev–Trinajstić information content (AvgIpc) is 2.80. The van der Waals surface area contributed by atoms with Crippen molar-refractivity contribution in [2.24, 2.45) is 0 Å². The van der Waals surface area contributed by atoms with Crippen LogP contribution >= 0.6 is 0 Å². The molecule has 0 aliphatic carbocycles. The van der Waals surface area contributed by atoms with E-state index in [1.165, 1.54) is 7.11 Å². The summed E-state index contributed by atoms with van der Waals surface area (Å²) in [6.07, 6.45) is 0.970. The van der Waals surface area contributed by atoms with Crippen LogP contribution in [-0.4, -0.2) is 41.9 Å². The van der Waals surface area contributed by atoms with Gasteiger partial charge in [0.15, 0.2) is 0 Å². The lowest BCUT2D eigenvalue weighted by atomic mass is 9.93. The highest BCUT2D eigenvalue weighted by molar-refractivity contribution is 6.10. The first-order valence-electron chi connectivity index (χ1n) is 7.54. The van der Waals surface area contributed by atoms with Crippen LogP contribution in [0.4, 0.5) is 10.5 Å². The second-order valence-corrected chi connectivity index (χ2v) is 5.36. The molecule has 0 bridgehead atoms. The van der Waals surface area contributed by atoms with E-state index in [2.05, 4.69) is 10.6 Å². The smallest absolute Gasteiger partial charge is 0.325 e. The number of ether oxygens (including phenoxy) is 1. The maximum absolute atomic E-state index is 12.4. The number of amides is 4. The Hall–Kier alpha value is -2.57. The molecule has 0 aromatic heterocycles. The van der Waals surface area contributed by atoms with Crippen molar-refractivity contribution in [3.05, 3.63) is 24.3 Å². The zero-order valence-corrected chi connectivity index (χ0v) is 13.5. The van der Waals surface area contributed by atoms with E-state index in [9.17, 15) is 14.4 Å². The summed E-state index contributed by atoms with van der Waals surface area (Å²) in [5.41, 5.74) is -0.411. The summed E-state index contributed by atoms with van der Waals surface area (Å²) in [5.74, 6) is -0.307. The van der Waals surface area contributed by atoms with Crippen LogP contribution in [0.1, 0.15) is 26.7 Å². The quantitative estimate of drug-likeness (QED) is 0.782. The molecule has 1 aliphatic rings. The molecule has 1 aliphatic heterocycles. The van der Waals surface area contributed by atoms with Gasteiger partial charge in [0.25, 0.3) is 5.91 Å². The zero-order chi connectivity index (χ0) is 17.0. The molecular weight excluding hydrogens is 298 g/mol. The van der Waals surface area contributed by atoms with Crippen LogP contribution in [0, 0.1) is 0 Å². The Kier molecular flexibility index (Phi) is 4.88. The van der Waals surface area contributed by atoms with E-state index in [0.29, 0.717) is 24.3 Å². The fourth-order valence-corrected chi connectivity index (χ4v) is 2.63. The molecule has 1 fully saturated rings. The second-order valence-electron chi connectivity index (χ2n) is 5.36. The molecule has 2 N–H and O–H groups in total. The molecule has 7 nitrogen and oxygen atoms in total. The SMILES string of the molecule is CCC1(CC)NC(=O)N(CC(=O)Nc2ccccc2OC)C1=O. The van der Waals surface area contributed by atoms with E-state index in [4.69, 9.17) is 4.74 Å². The minimum atomic E-state index is -0.901. The predicted molar refractivity (Wildman–Crippen MR) is 85.2 cm³/mol. The van der Waals surface area contributed by atoms with Gasteiger partial charge in [0.05, 0.1) is 12.8 Å². The fourth-order valence-electron chi connectivity index (χ4n) is 2.63. The second kappa shape index (κ2) is 6.68. The highest BCUT2D eigenvalue weighted by Gasteiger charge is 2.49. The lowest BCUT2D eigenvalue weighted by Gasteiger charge is -2.23. The number of anilines is 1. The summed E-state index contributed by atoms with van der Waals surface area (Å²) < 4.78 is 5.15. The Bertz CT molecular complexity index is 626. The lowest BCUT2D eigenvalue weighted by molar-refractivity contribution is -0.134. The van der Waals surface area contributed by atoms with Crippen molar-refractivity contribution in [2.75, 3.05) is 19.0 Å². The van der Waals surface area contributed by atoms with Crippen molar-refractivity contribution >= 4 is 23.5 Å². The number of para-hydroxylation sites is 2. The molecule has 1 aromatic rings. The van der Waals surface area contributed by atoms with Crippen LogP contribution in [-0.2, 0) is 9.59 Å². The zero-order valence-electron chi connectivity index (χ0n) is 13.5. The molecule has 0 saturated carbocycles. The molecule has 1 heterocycles. The number of methoxy groups -OCH3 is 1. The summed E-state index contributed by atoms with van der Waals surface area (Å²) >= 11 is 0. The van der Waals surface area contributed by atoms with Gasteiger partial charge in [-0.2, -0.15) is 0 Å². The van der Waals surface area contributed by atoms with Gasteiger partial charge in [0, 0.05) is 0 Å². The number of hydrogen-bond donors (Lipinski definition) is 2. The van der Waals surface area contributed by atoms with Crippen molar-refractivity contribution in [1.82, 2.24) is 10.2 Å². The normalized spacial score (nSPS) is 16.2. The topological polar surface area (TPSA) is 87.7 Å².